The zero-order valence-electron chi connectivity index (χ0n) is 6.19. The summed E-state index contributed by atoms with van der Waals surface area (Å²) in [5.41, 5.74) is 0.0719. The molecule has 5 heteroatoms. The van der Waals surface area contributed by atoms with E-state index in [1.165, 1.54) is 12.1 Å². The maximum atomic E-state index is 10.3. The average molecular weight is 359 g/mol. The van der Waals surface area contributed by atoms with E-state index in [0.717, 1.165) is 25.8 Å². The predicted octanol–water partition coefficient (Wildman–Crippen LogP) is 1.10. The molecule has 0 spiro atoms. The van der Waals surface area contributed by atoms with Crippen LogP contribution in [0.1, 0.15) is 0 Å². The molecule has 0 saturated heterocycles. The third kappa shape index (κ3) is 2.43. The molecule has 61 valence electrons. The Balaban J connectivity index is 2.88. The summed E-state index contributed by atoms with van der Waals surface area (Å²) in [5, 5.41) is 10.3. The Labute approximate surface area is 85.4 Å². The Bertz CT molecular complexity index is 290. The van der Waals surface area contributed by atoms with Gasteiger partial charge in [-0.15, -0.1) is 0 Å². The third-order valence-electron chi connectivity index (χ3n) is 1.27. The van der Waals surface area contributed by atoms with Gasteiger partial charge < -0.3 is 0 Å². The van der Waals surface area contributed by atoms with E-state index in [2.05, 4.69) is 0 Å². The summed E-state index contributed by atoms with van der Waals surface area (Å²) >= 11 is 0.926. The van der Waals surface area contributed by atoms with Crippen LogP contribution in [-0.4, -0.2) is 34.9 Å². The van der Waals surface area contributed by atoms with Gasteiger partial charge in [0.05, 0.1) is 0 Å². The molecule has 0 heterocycles. The summed E-state index contributed by atoms with van der Waals surface area (Å²) in [7, 11) is 0. The second kappa shape index (κ2) is 4.39. The maximum absolute atomic E-state index is 10.3. The quantitative estimate of drug-likeness (QED) is 0.461. The molecule has 0 N–H and O–H groups in total. The first-order valence-electron chi connectivity index (χ1n) is 3.26. The number of nitro groups is 1. The molecule has 0 bridgehead atoms. The summed E-state index contributed by atoms with van der Waals surface area (Å²) in [6, 6.07) is 6.20. The van der Waals surface area contributed by atoms with Crippen molar-refractivity contribution >= 4 is 31.5 Å². The standard InChI is InChI=1S/C7H6NO3.Pb/c1-11-7-4-2-3-6(5-7)8(9)10;/h2-5H,1H2;. The molecule has 3 radical (unpaired) electrons. The van der Waals surface area contributed by atoms with E-state index >= 15 is 0 Å². The first kappa shape index (κ1) is 9.43. The fraction of sp³-hybridized carbons (Fsp3) is 0.143. The van der Waals surface area contributed by atoms with Gasteiger partial charge in [0.2, 0.25) is 0 Å². The molecular weight excluding hydrogens is 353 g/mol. The second-order valence-electron chi connectivity index (χ2n) is 2.04. The van der Waals surface area contributed by atoms with Crippen molar-refractivity contribution in [2.24, 2.45) is 0 Å². The van der Waals surface area contributed by atoms with Crippen molar-refractivity contribution in [2.45, 2.75) is 0 Å². The van der Waals surface area contributed by atoms with Crippen molar-refractivity contribution in [3.8, 4) is 5.75 Å². The number of ether oxygens (including phenoxy) is 1. The third-order valence-corrected chi connectivity index (χ3v) is 1.83. The molecule has 0 fully saturated rings. The normalized spacial score (nSPS) is 9.42. The van der Waals surface area contributed by atoms with E-state index in [0.29, 0.717) is 9.92 Å². The molecule has 0 aliphatic carbocycles. The summed E-state index contributed by atoms with van der Waals surface area (Å²) in [5.74, 6) is 0.569. The van der Waals surface area contributed by atoms with Gasteiger partial charge in [-0.2, -0.15) is 0 Å². The SMILES string of the molecule is O=[N+]([O-])c1cccc(O[CH2][Pb])c1. The molecule has 0 aliphatic heterocycles. The van der Waals surface area contributed by atoms with Gasteiger partial charge in [0.15, 0.2) is 0 Å². The number of hydrogen-bond acceptors (Lipinski definition) is 3. The van der Waals surface area contributed by atoms with Crippen LogP contribution in [0.3, 0.4) is 0 Å². The number of non-ortho nitro benzene ring substituents is 1. The van der Waals surface area contributed by atoms with Crippen LogP contribution in [0.4, 0.5) is 5.69 Å². The van der Waals surface area contributed by atoms with Gasteiger partial charge in [-0.25, -0.2) is 0 Å². The minimum atomic E-state index is -0.431. The zero-order chi connectivity index (χ0) is 8.97. The number of rotatable bonds is 3. The second-order valence-corrected chi connectivity index (χ2v) is 3.17. The van der Waals surface area contributed by atoms with Crippen molar-refractivity contribution in [1.29, 1.82) is 0 Å². The van der Waals surface area contributed by atoms with E-state index in [1.54, 1.807) is 12.1 Å². The molecule has 4 nitrogen and oxygen atoms in total. The summed E-state index contributed by atoms with van der Waals surface area (Å²) < 4.78 is 5.81. The van der Waals surface area contributed by atoms with Gasteiger partial charge >= 0.3 is 85.4 Å². The van der Waals surface area contributed by atoms with E-state index < -0.39 is 4.92 Å². The number of nitro benzene ring substituents is 1. The summed E-state index contributed by atoms with van der Waals surface area (Å²) in [4.78, 5) is 9.89. The molecular formula is C7H6NO3Pb. The summed E-state index contributed by atoms with van der Waals surface area (Å²) in [6.07, 6.45) is 0. The number of hydrogen-bond donors (Lipinski definition) is 0. The molecule has 1 rings (SSSR count). The van der Waals surface area contributed by atoms with E-state index in [-0.39, 0.29) is 5.69 Å². The van der Waals surface area contributed by atoms with Gasteiger partial charge in [-0.3, -0.25) is 0 Å². The Morgan fingerprint density at radius 1 is 1.58 bits per heavy atom. The Kier molecular flexibility index (Phi) is 3.45. The van der Waals surface area contributed by atoms with Crippen LogP contribution >= 0.6 is 0 Å². The fourth-order valence-electron chi connectivity index (χ4n) is 0.770. The van der Waals surface area contributed by atoms with Gasteiger partial charge in [-0.05, 0) is 0 Å². The number of benzene rings is 1. The monoisotopic (exact) mass is 360 g/mol. The van der Waals surface area contributed by atoms with E-state index in [4.69, 9.17) is 4.74 Å². The molecule has 0 aliphatic rings. The summed E-state index contributed by atoms with van der Waals surface area (Å²) in [6.45, 7) is 0. The molecule has 0 unspecified atom stereocenters. The molecule has 0 saturated carbocycles. The first-order chi connectivity index (χ1) is 5.74. The predicted molar refractivity (Wildman–Crippen MR) is 44.3 cm³/mol. The molecule has 0 atom stereocenters. The van der Waals surface area contributed by atoms with Gasteiger partial charge in [0.1, 0.15) is 0 Å². The van der Waals surface area contributed by atoms with E-state index in [9.17, 15) is 10.1 Å². The van der Waals surface area contributed by atoms with Gasteiger partial charge in [0.25, 0.3) is 0 Å². The molecule has 0 amide bonds. The Morgan fingerprint density at radius 3 is 2.92 bits per heavy atom. The van der Waals surface area contributed by atoms with Crippen LogP contribution in [0.25, 0.3) is 0 Å². The van der Waals surface area contributed by atoms with Crippen molar-refractivity contribution < 1.29 is 9.66 Å². The van der Waals surface area contributed by atoms with Crippen LogP contribution in [0, 0.1) is 10.1 Å². The van der Waals surface area contributed by atoms with Crippen molar-refractivity contribution in [3.63, 3.8) is 0 Å². The van der Waals surface area contributed by atoms with Crippen molar-refractivity contribution in [2.75, 3.05) is 4.17 Å². The van der Waals surface area contributed by atoms with E-state index in [1.807, 2.05) is 0 Å². The fourth-order valence-corrected chi connectivity index (χ4v) is 1.42. The van der Waals surface area contributed by atoms with Crippen LogP contribution < -0.4 is 4.74 Å². The van der Waals surface area contributed by atoms with Crippen LogP contribution in [0.5, 0.6) is 5.75 Å². The van der Waals surface area contributed by atoms with Crippen LogP contribution in [0.2, 0.25) is 0 Å². The molecule has 12 heavy (non-hydrogen) atoms. The van der Waals surface area contributed by atoms with Crippen molar-refractivity contribution in [1.82, 2.24) is 0 Å². The Morgan fingerprint density at radius 2 is 2.33 bits per heavy atom. The Hall–Kier alpha value is -0.658. The van der Waals surface area contributed by atoms with Crippen LogP contribution in [-0.2, 0) is 0 Å². The van der Waals surface area contributed by atoms with Gasteiger partial charge in [-0.1, -0.05) is 0 Å². The molecule has 1 aromatic carbocycles. The minimum absolute atomic E-state index is 0.0719. The van der Waals surface area contributed by atoms with Crippen molar-refractivity contribution in [3.05, 3.63) is 34.4 Å². The topological polar surface area (TPSA) is 52.4 Å². The first-order valence-corrected chi connectivity index (χ1v) is 6.01. The zero-order valence-corrected chi connectivity index (χ0v) is 10.1. The molecule has 0 aromatic heterocycles. The van der Waals surface area contributed by atoms with Crippen LogP contribution in [0.15, 0.2) is 24.3 Å². The average Bonchev–Trinajstić information content (AvgIpc) is 2.05. The number of nitrogens with zero attached hydrogens (tertiary/aromatic N) is 1. The van der Waals surface area contributed by atoms with Gasteiger partial charge in [0, 0.05) is 0 Å². The molecule has 1 aromatic rings.